The molecular weight excluding hydrogens is 398 g/mol. The summed E-state index contributed by atoms with van der Waals surface area (Å²) in [5.41, 5.74) is 2.49. The van der Waals surface area contributed by atoms with E-state index in [-0.39, 0.29) is 22.9 Å². The van der Waals surface area contributed by atoms with Crippen molar-refractivity contribution in [1.82, 2.24) is 0 Å². The van der Waals surface area contributed by atoms with Crippen molar-refractivity contribution in [3.05, 3.63) is 63.7 Å². The molecule has 0 radical (unpaired) electrons. The maximum absolute atomic E-state index is 12.7. The van der Waals surface area contributed by atoms with Crippen LogP contribution in [0.4, 0.5) is 11.4 Å². The molecule has 0 aliphatic carbocycles. The number of hydrogen-bond donors (Lipinski definition) is 1. The van der Waals surface area contributed by atoms with E-state index in [1.807, 2.05) is 0 Å². The normalized spacial score (nSPS) is 11.7. The Bertz CT molecular complexity index is 972. The van der Waals surface area contributed by atoms with Crippen molar-refractivity contribution in [2.45, 2.75) is 11.8 Å². The molecular formula is C16H14ClN3O6S. The van der Waals surface area contributed by atoms with E-state index in [1.165, 1.54) is 55.5 Å². The molecule has 0 amide bonds. The second kappa shape index (κ2) is 8.60. The van der Waals surface area contributed by atoms with Gasteiger partial charge in [0.1, 0.15) is 0 Å². The van der Waals surface area contributed by atoms with E-state index < -0.39 is 25.8 Å². The molecule has 0 bridgehead atoms. The van der Waals surface area contributed by atoms with Crippen molar-refractivity contribution < 1.29 is 22.9 Å². The second-order valence-electron chi connectivity index (χ2n) is 5.01. The number of sulfone groups is 1. The number of carbonyl (C=O) groups is 1. The second-order valence-corrected chi connectivity index (χ2v) is 7.31. The van der Waals surface area contributed by atoms with Gasteiger partial charge in [-0.15, -0.1) is 0 Å². The summed E-state index contributed by atoms with van der Waals surface area (Å²) < 4.78 is 30.2. The Morgan fingerprint density at radius 1 is 1.19 bits per heavy atom. The van der Waals surface area contributed by atoms with E-state index >= 15 is 0 Å². The summed E-state index contributed by atoms with van der Waals surface area (Å²) >= 11 is 5.75. The number of nitrogens with one attached hydrogen (secondary N) is 1. The number of hydrogen-bond acceptors (Lipinski definition) is 8. The lowest BCUT2D eigenvalue weighted by Crippen LogP contribution is -2.28. The first kappa shape index (κ1) is 20.3. The highest BCUT2D eigenvalue weighted by atomic mass is 35.5. The van der Waals surface area contributed by atoms with Gasteiger partial charge in [0.15, 0.2) is 0 Å². The number of non-ortho nitro benzene ring substituents is 1. The van der Waals surface area contributed by atoms with Gasteiger partial charge < -0.3 is 4.74 Å². The first-order valence-corrected chi connectivity index (χ1v) is 9.37. The average Bonchev–Trinajstić information content (AvgIpc) is 2.62. The minimum Gasteiger partial charge on any atom is -0.461 e. The first-order valence-electron chi connectivity index (χ1n) is 7.51. The van der Waals surface area contributed by atoms with Crippen molar-refractivity contribution in [3.63, 3.8) is 0 Å². The third kappa shape index (κ3) is 5.02. The van der Waals surface area contributed by atoms with E-state index in [0.29, 0.717) is 5.02 Å². The number of halogens is 1. The van der Waals surface area contributed by atoms with Crippen LogP contribution in [0.3, 0.4) is 0 Å². The van der Waals surface area contributed by atoms with Gasteiger partial charge in [0.05, 0.1) is 22.1 Å². The van der Waals surface area contributed by atoms with Crippen LogP contribution in [0.2, 0.25) is 5.02 Å². The summed E-state index contributed by atoms with van der Waals surface area (Å²) in [6.07, 6.45) is 0. The fraction of sp³-hybridized carbons (Fsp3) is 0.125. The van der Waals surface area contributed by atoms with Gasteiger partial charge in [-0.05, 0) is 43.3 Å². The topological polar surface area (TPSA) is 128 Å². The molecule has 1 N–H and O–H groups in total. The van der Waals surface area contributed by atoms with Gasteiger partial charge in [-0.2, -0.15) is 5.10 Å². The van der Waals surface area contributed by atoms with Crippen LogP contribution in [0, 0.1) is 10.1 Å². The molecule has 0 unspecified atom stereocenters. The number of esters is 1. The Balaban J connectivity index is 2.38. The molecule has 142 valence electrons. The SMILES string of the molecule is CCOC(=O)/C(=N\Nc1ccc([N+](=O)[O-])cc1)S(=O)(=O)c1ccc(Cl)cc1. The zero-order valence-corrected chi connectivity index (χ0v) is 15.5. The summed E-state index contributed by atoms with van der Waals surface area (Å²) in [5.74, 6) is -1.14. The van der Waals surface area contributed by atoms with Crippen molar-refractivity contribution in [2.24, 2.45) is 5.10 Å². The molecule has 2 aromatic rings. The lowest BCUT2D eigenvalue weighted by atomic mass is 10.3. The van der Waals surface area contributed by atoms with E-state index in [2.05, 4.69) is 10.5 Å². The Morgan fingerprint density at radius 3 is 2.30 bits per heavy atom. The van der Waals surface area contributed by atoms with Crippen LogP contribution in [-0.2, 0) is 19.4 Å². The number of rotatable bonds is 5. The summed E-state index contributed by atoms with van der Waals surface area (Å²) in [6.45, 7) is 1.47. The number of nitro groups is 1. The van der Waals surface area contributed by atoms with E-state index in [4.69, 9.17) is 16.3 Å². The van der Waals surface area contributed by atoms with E-state index in [9.17, 15) is 23.3 Å². The largest absolute Gasteiger partial charge is 0.461 e. The zero-order chi connectivity index (χ0) is 20.0. The third-order valence-electron chi connectivity index (χ3n) is 3.19. The Kier molecular flexibility index (Phi) is 6.48. The highest BCUT2D eigenvalue weighted by Crippen LogP contribution is 2.19. The fourth-order valence-electron chi connectivity index (χ4n) is 1.91. The summed E-state index contributed by atoms with van der Waals surface area (Å²) in [6, 6.07) is 10.2. The molecule has 0 saturated carbocycles. The van der Waals surface area contributed by atoms with Crippen molar-refractivity contribution in [3.8, 4) is 0 Å². The standard InChI is InChI=1S/C16H14ClN3O6S/c1-2-26-16(21)15(27(24,25)14-9-3-11(17)4-10-14)19-18-12-5-7-13(8-6-12)20(22)23/h3-10,18H,2H2,1H3/b19-15+. The van der Waals surface area contributed by atoms with Crippen LogP contribution in [0.25, 0.3) is 0 Å². The van der Waals surface area contributed by atoms with Crippen LogP contribution in [-0.4, -0.2) is 31.0 Å². The van der Waals surface area contributed by atoms with Gasteiger partial charge in [0.25, 0.3) is 10.7 Å². The van der Waals surface area contributed by atoms with Crippen molar-refractivity contribution in [2.75, 3.05) is 12.0 Å². The number of benzene rings is 2. The first-order chi connectivity index (χ1) is 12.8. The number of carbonyl (C=O) groups excluding carboxylic acids is 1. The summed E-state index contributed by atoms with van der Waals surface area (Å²) in [4.78, 5) is 22.0. The van der Waals surface area contributed by atoms with Gasteiger partial charge in [0.2, 0.25) is 9.84 Å². The van der Waals surface area contributed by atoms with Crippen molar-refractivity contribution in [1.29, 1.82) is 0 Å². The van der Waals surface area contributed by atoms with Crippen LogP contribution in [0.1, 0.15) is 6.92 Å². The van der Waals surface area contributed by atoms with E-state index in [0.717, 1.165) is 0 Å². The minimum atomic E-state index is -4.28. The molecule has 11 heteroatoms. The number of hydrazone groups is 1. The maximum atomic E-state index is 12.7. The molecule has 0 heterocycles. The van der Waals surface area contributed by atoms with Gasteiger partial charge in [-0.25, -0.2) is 13.2 Å². The van der Waals surface area contributed by atoms with Crippen LogP contribution in [0.5, 0.6) is 0 Å². The number of ether oxygens (including phenoxy) is 1. The van der Waals surface area contributed by atoms with Gasteiger partial charge in [-0.3, -0.25) is 15.5 Å². The molecule has 0 saturated heterocycles. The Hall–Kier alpha value is -2.98. The highest BCUT2D eigenvalue weighted by molar-refractivity contribution is 8.08. The molecule has 0 fully saturated rings. The summed E-state index contributed by atoms with van der Waals surface area (Å²) in [7, 11) is -4.28. The number of nitro benzene ring substituents is 1. The Labute approximate surface area is 159 Å². The quantitative estimate of drug-likeness (QED) is 0.263. The molecule has 0 spiro atoms. The van der Waals surface area contributed by atoms with E-state index in [1.54, 1.807) is 0 Å². The predicted molar refractivity (Wildman–Crippen MR) is 99.4 cm³/mol. The lowest BCUT2D eigenvalue weighted by Gasteiger charge is -2.08. The van der Waals surface area contributed by atoms with Gasteiger partial charge in [-0.1, -0.05) is 11.6 Å². The molecule has 2 rings (SSSR count). The molecule has 2 aromatic carbocycles. The molecule has 0 aliphatic rings. The maximum Gasteiger partial charge on any atom is 0.371 e. The van der Waals surface area contributed by atoms with Gasteiger partial charge >= 0.3 is 5.97 Å². The third-order valence-corrected chi connectivity index (χ3v) is 5.10. The number of anilines is 1. The molecule has 27 heavy (non-hydrogen) atoms. The lowest BCUT2D eigenvalue weighted by molar-refractivity contribution is -0.384. The average molecular weight is 412 g/mol. The zero-order valence-electron chi connectivity index (χ0n) is 14.0. The molecule has 0 atom stereocenters. The van der Waals surface area contributed by atoms with Crippen LogP contribution < -0.4 is 5.43 Å². The number of nitrogens with zero attached hydrogens (tertiary/aromatic N) is 2. The van der Waals surface area contributed by atoms with Crippen LogP contribution >= 0.6 is 11.6 Å². The monoisotopic (exact) mass is 411 g/mol. The predicted octanol–water partition coefficient (Wildman–Crippen LogP) is 3.01. The highest BCUT2D eigenvalue weighted by Gasteiger charge is 2.31. The fourth-order valence-corrected chi connectivity index (χ4v) is 3.19. The Morgan fingerprint density at radius 2 is 1.78 bits per heavy atom. The minimum absolute atomic E-state index is 0.0501. The smallest absolute Gasteiger partial charge is 0.371 e. The molecule has 0 aliphatic heterocycles. The van der Waals surface area contributed by atoms with Gasteiger partial charge in [0, 0.05) is 17.2 Å². The molecule has 0 aromatic heterocycles. The van der Waals surface area contributed by atoms with Crippen LogP contribution in [0.15, 0.2) is 58.5 Å². The molecule has 9 nitrogen and oxygen atoms in total. The van der Waals surface area contributed by atoms with Crippen molar-refractivity contribution >= 4 is 43.8 Å². The summed E-state index contributed by atoms with van der Waals surface area (Å²) in [5, 5.41) is 13.8.